The van der Waals surface area contributed by atoms with Gasteiger partial charge in [-0.2, -0.15) is 0 Å². The molecule has 20 heavy (non-hydrogen) atoms. The molecule has 0 spiro atoms. The Morgan fingerprint density at radius 1 is 1.40 bits per heavy atom. The lowest BCUT2D eigenvalue weighted by Gasteiger charge is -2.29. The standard InChI is InChI=1S/C15H20N2O3/c1-2-3-9-16-14(18)8-10-17-12-6-4-5-7-13(12)20-11-15(17)19/h4-7H,2-3,8-11H2,1H3,(H,16,18). The van der Waals surface area contributed by atoms with Crippen LogP contribution in [0.1, 0.15) is 26.2 Å². The Hall–Kier alpha value is -2.04. The third-order valence-corrected chi connectivity index (χ3v) is 3.22. The van der Waals surface area contributed by atoms with E-state index < -0.39 is 0 Å². The number of nitrogens with zero attached hydrogens (tertiary/aromatic N) is 1. The van der Waals surface area contributed by atoms with Gasteiger partial charge in [0.1, 0.15) is 5.75 Å². The summed E-state index contributed by atoms with van der Waals surface area (Å²) in [5.41, 5.74) is 0.741. The van der Waals surface area contributed by atoms with Crippen LogP contribution in [0.4, 0.5) is 5.69 Å². The van der Waals surface area contributed by atoms with E-state index in [9.17, 15) is 9.59 Å². The molecule has 2 rings (SSSR count). The van der Waals surface area contributed by atoms with Crippen molar-refractivity contribution in [2.45, 2.75) is 26.2 Å². The molecule has 1 N–H and O–H groups in total. The third kappa shape index (κ3) is 3.50. The van der Waals surface area contributed by atoms with E-state index in [1.807, 2.05) is 24.3 Å². The second-order valence-corrected chi connectivity index (χ2v) is 4.76. The molecule has 0 saturated heterocycles. The number of unbranched alkanes of at least 4 members (excludes halogenated alkanes) is 1. The van der Waals surface area contributed by atoms with Crippen molar-refractivity contribution in [3.05, 3.63) is 24.3 Å². The number of anilines is 1. The summed E-state index contributed by atoms with van der Waals surface area (Å²) in [5.74, 6) is 0.568. The van der Waals surface area contributed by atoms with Crippen molar-refractivity contribution in [2.24, 2.45) is 0 Å². The van der Waals surface area contributed by atoms with E-state index in [4.69, 9.17) is 4.74 Å². The number of para-hydroxylation sites is 2. The molecule has 108 valence electrons. The van der Waals surface area contributed by atoms with Crippen LogP contribution in [0.3, 0.4) is 0 Å². The molecule has 2 amide bonds. The van der Waals surface area contributed by atoms with Gasteiger partial charge in [0.25, 0.3) is 5.91 Å². The molecule has 0 fully saturated rings. The summed E-state index contributed by atoms with van der Waals surface area (Å²) in [5, 5.41) is 2.85. The zero-order chi connectivity index (χ0) is 14.4. The molecular weight excluding hydrogens is 256 g/mol. The number of carbonyl (C=O) groups is 2. The second kappa shape index (κ2) is 6.93. The number of amides is 2. The lowest BCUT2D eigenvalue weighted by molar-refractivity contribution is -0.122. The highest BCUT2D eigenvalue weighted by Gasteiger charge is 2.25. The van der Waals surface area contributed by atoms with Gasteiger partial charge in [-0.3, -0.25) is 9.59 Å². The van der Waals surface area contributed by atoms with Gasteiger partial charge in [-0.25, -0.2) is 0 Å². The molecule has 1 aliphatic rings. The Balaban J connectivity index is 1.92. The van der Waals surface area contributed by atoms with Gasteiger partial charge in [0.2, 0.25) is 5.91 Å². The van der Waals surface area contributed by atoms with E-state index in [0.717, 1.165) is 18.5 Å². The van der Waals surface area contributed by atoms with Crippen LogP contribution in [0.2, 0.25) is 0 Å². The Morgan fingerprint density at radius 3 is 3.00 bits per heavy atom. The van der Waals surface area contributed by atoms with Crippen molar-refractivity contribution < 1.29 is 14.3 Å². The number of carbonyl (C=O) groups excluding carboxylic acids is 2. The first kappa shape index (κ1) is 14.4. The highest BCUT2D eigenvalue weighted by Crippen LogP contribution is 2.31. The molecule has 1 aromatic carbocycles. The molecular formula is C15H20N2O3. The van der Waals surface area contributed by atoms with Gasteiger partial charge in [-0.05, 0) is 18.6 Å². The van der Waals surface area contributed by atoms with Crippen LogP contribution in [0.15, 0.2) is 24.3 Å². The van der Waals surface area contributed by atoms with E-state index in [-0.39, 0.29) is 18.4 Å². The average molecular weight is 276 g/mol. The summed E-state index contributed by atoms with van der Waals surface area (Å²) >= 11 is 0. The lowest BCUT2D eigenvalue weighted by Crippen LogP contribution is -2.41. The zero-order valence-corrected chi connectivity index (χ0v) is 11.7. The van der Waals surface area contributed by atoms with Crippen molar-refractivity contribution >= 4 is 17.5 Å². The Bertz CT molecular complexity index is 488. The molecule has 5 heteroatoms. The fourth-order valence-electron chi connectivity index (χ4n) is 2.11. The maximum atomic E-state index is 11.9. The number of nitrogens with one attached hydrogen (secondary N) is 1. The molecule has 0 radical (unpaired) electrons. The summed E-state index contributed by atoms with van der Waals surface area (Å²) in [6.07, 6.45) is 2.34. The number of fused-ring (bicyclic) bond motifs is 1. The predicted octanol–water partition coefficient (Wildman–Crippen LogP) is 1.72. The average Bonchev–Trinajstić information content (AvgIpc) is 2.46. The molecule has 0 aromatic heterocycles. The van der Waals surface area contributed by atoms with E-state index in [1.54, 1.807) is 4.90 Å². The van der Waals surface area contributed by atoms with Crippen LogP contribution in [0, 0.1) is 0 Å². The first-order valence-electron chi connectivity index (χ1n) is 7.01. The quantitative estimate of drug-likeness (QED) is 0.805. The highest BCUT2D eigenvalue weighted by atomic mass is 16.5. The monoisotopic (exact) mass is 276 g/mol. The summed E-state index contributed by atoms with van der Waals surface area (Å²) in [7, 11) is 0. The van der Waals surface area contributed by atoms with Gasteiger partial charge >= 0.3 is 0 Å². The molecule has 0 saturated carbocycles. The van der Waals surface area contributed by atoms with Crippen molar-refractivity contribution in [3.63, 3.8) is 0 Å². The summed E-state index contributed by atoms with van der Waals surface area (Å²) < 4.78 is 5.36. The van der Waals surface area contributed by atoms with Crippen molar-refractivity contribution in [1.29, 1.82) is 0 Å². The smallest absolute Gasteiger partial charge is 0.265 e. The van der Waals surface area contributed by atoms with Gasteiger partial charge < -0.3 is 15.0 Å². The maximum Gasteiger partial charge on any atom is 0.265 e. The number of rotatable bonds is 6. The Kier molecular flexibility index (Phi) is 4.98. The topological polar surface area (TPSA) is 58.6 Å². The number of ether oxygens (including phenoxy) is 1. The lowest BCUT2D eigenvalue weighted by atomic mass is 10.2. The van der Waals surface area contributed by atoms with Crippen molar-refractivity contribution in [1.82, 2.24) is 5.32 Å². The molecule has 1 heterocycles. The molecule has 0 bridgehead atoms. The minimum Gasteiger partial charge on any atom is -0.482 e. The van der Waals surface area contributed by atoms with Gasteiger partial charge in [0.15, 0.2) is 6.61 Å². The number of hydrogen-bond donors (Lipinski definition) is 1. The molecule has 0 atom stereocenters. The highest BCUT2D eigenvalue weighted by molar-refractivity contribution is 5.98. The third-order valence-electron chi connectivity index (χ3n) is 3.22. The normalized spacial score (nSPS) is 13.7. The Labute approximate surface area is 118 Å². The van der Waals surface area contributed by atoms with Gasteiger partial charge in [0.05, 0.1) is 5.69 Å². The minimum atomic E-state index is -0.106. The zero-order valence-electron chi connectivity index (χ0n) is 11.7. The van der Waals surface area contributed by atoms with Crippen LogP contribution in [-0.2, 0) is 9.59 Å². The van der Waals surface area contributed by atoms with Gasteiger partial charge in [-0.1, -0.05) is 25.5 Å². The van der Waals surface area contributed by atoms with Crippen LogP contribution in [-0.4, -0.2) is 31.5 Å². The number of benzene rings is 1. The van der Waals surface area contributed by atoms with Crippen molar-refractivity contribution in [3.8, 4) is 5.75 Å². The van der Waals surface area contributed by atoms with Gasteiger partial charge in [0, 0.05) is 19.5 Å². The summed E-state index contributed by atoms with van der Waals surface area (Å²) in [6.45, 7) is 3.20. The predicted molar refractivity (Wildman–Crippen MR) is 76.8 cm³/mol. The largest absolute Gasteiger partial charge is 0.482 e. The first-order valence-corrected chi connectivity index (χ1v) is 7.01. The maximum absolute atomic E-state index is 11.9. The summed E-state index contributed by atoms with van der Waals surface area (Å²) in [4.78, 5) is 25.2. The molecule has 5 nitrogen and oxygen atoms in total. The van der Waals surface area contributed by atoms with Crippen LogP contribution in [0.25, 0.3) is 0 Å². The fraction of sp³-hybridized carbons (Fsp3) is 0.467. The fourth-order valence-corrected chi connectivity index (χ4v) is 2.11. The second-order valence-electron chi connectivity index (χ2n) is 4.76. The molecule has 1 aromatic rings. The Morgan fingerprint density at radius 2 is 2.20 bits per heavy atom. The first-order chi connectivity index (χ1) is 9.72. The summed E-state index contributed by atoms with van der Waals surface area (Å²) in [6, 6.07) is 7.39. The van der Waals surface area contributed by atoms with Gasteiger partial charge in [-0.15, -0.1) is 0 Å². The molecule has 1 aliphatic heterocycles. The van der Waals surface area contributed by atoms with Crippen molar-refractivity contribution in [2.75, 3.05) is 24.6 Å². The van der Waals surface area contributed by atoms with E-state index >= 15 is 0 Å². The van der Waals surface area contributed by atoms with Crippen LogP contribution < -0.4 is 15.0 Å². The van der Waals surface area contributed by atoms with Crippen LogP contribution >= 0.6 is 0 Å². The van der Waals surface area contributed by atoms with Crippen LogP contribution in [0.5, 0.6) is 5.75 Å². The molecule has 0 unspecified atom stereocenters. The van der Waals surface area contributed by atoms with E-state index in [1.165, 1.54) is 0 Å². The SMILES string of the molecule is CCCCNC(=O)CCN1C(=O)COc2ccccc21. The molecule has 0 aliphatic carbocycles. The van der Waals surface area contributed by atoms with E-state index in [0.29, 0.717) is 25.3 Å². The number of hydrogen-bond acceptors (Lipinski definition) is 3. The minimum absolute atomic E-state index is 0.0183. The van der Waals surface area contributed by atoms with E-state index in [2.05, 4.69) is 12.2 Å².